The van der Waals surface area contributed by atoms with Gasteiger partial charge in [0.2, 0.25) is 11.8 Å². The Morgan fingerprint density at radius 3 is 2.23 bits per heavy atom. The smallest absolute Gasteiger partial charge is 0.416 e. The molecule has 10 heteroatoms. The molecule has 1 aliphatic heterocycles. The Kier molecular flexibility index (Phi) is 6.73. The van der Waals surface area contributed by atoms with Crippen LogP contribution in [0.5, 0.6) is 5.88 Å². The lowest BCUT2D eigenvalue weighted by Gasteiger charge is -2.21. The zero-order chi connectivity index (χ0) is 25.2. The number of nitrogens with zero attached hydrogens (tertiary/aromatic N) is 2. The number of halogens is 6. The van der Waals surface area contributed by atoms with Crippen molar-refractivity contribution in [1.82, 2.24) is 9.88 Å². The van der Waals surface area contributed by atoms with E-state index in [1.165, 1.54) is 4.90 Å². The SMILES string of the molecule is O=C(CCc1cc(C(F)(F)F)cc(C(F)(F)F)c1)N1CCOc2nccc(-c3ccccc3)c2C1. The van der Waals surface area contributed by atoms with Gasteiger partial charge in [-0.15, -0.1) is 0 Å². The van der Waals surface area contributed by atoms with Gasteiger partial charge in [0.05, 0.1) is 24.2 Å². The van der Waals surface area contributed by atoms with Crippen molar-refractivity contribution < 1.29 is 35.9 Å². The average Bonchev–Trinajstić information content (AvgIpc) is 3.04. The Balaban J connectivity index is 1.54. The first kappa shape index (κ1) is 24.6. The van der Waals surface area contributed by atoms with Gasteiger partial charge in [-0.1, -0.05) is 30.3 Å². The molecule has 1 aromatic heterocycles. The van der Waals surface area contributed by atoms with Crippen molar-refractivity contribution >= 4 is 5.91 Å². The van der Waals surface area contributed by atoms with Crippen molar-refractivity contribution in [2.24, 2.45) is 0 Å². The van der Waals surface area contributed by atoms with E-state index < -0.39 is 29.4 Å². The molecule has 1 amide bonds. The number of alkyl halides is 6. The Morgan fingerprint density at radius 1 is 0.943 bits per heavy atom. The van der Waals surface area contributed by atoms with E-state index in [0.29, 0.717) is 23.6 Å². The van der Waals surface area contributed by atoms with Gasteiger partial charge in [0.15, 0.2) is 0 Å². The molecular weight excluding hydrogens is 474 g/mol. The van der Waals surface area contributed by atoms with Gasteiger partial charge in [-0.05, 0) is 47.4 Å². The third-order valence-electron chi connectivity index (χ3n) is 5.68. The minimum atomic E-state index is -4.94. The van der Waals surface area contributed by atoms with E-state index in [9.17, 15) is 31.1 Å². The molecule has 2 heterocycles. The first-order valence-electron chi connectivity index (χ1n) is 10.7. The molecule has 4 nitrogen and oxygen atoms in total. The number of hydrogen-bond donors (Lipinski definition) is 0. The molecule has 0 aliphatic carbocycles. The molecule has 0 bridgehead atoms. The molecule has 0 unspecified atom stereocenters. The lowest BCUT2D eigenvalue weighted by molar-refractivity contribution is -0.143. The maximum Gasteiger partial charge on any atom is 0.416 e. The summed E-state index contributed by atoms with van der Waals surface area (Å²) in [5.74, 6) is -0.0235. The molecule has 3 aromatic rings. The Bertz CT molecular complexity index is 1180. The van der Waals surface area contributed by atoms with Crippen molar-refractivity contribution in [1.29, 1.82) is 0 Å². The Hall–Kier alpha value is -3.56. The molecule has 0 atom stereocenters. The van der Waals surface area contributed by atoms with Crippen LogP contribution in [0.2, 0.25) is 0 Å². The molecule has 0 saturated heterocycles. The fraction of sp³-hybridized carbons (Fsp3) is 0.280. The maximum atomic E-state index is 13.1. The van der Waals surface area contributed by atoms with Crippen LogP contribution in [0.3, 0.4) is 0 Å². The zero-order valence-electron chi connectivity index (χ0n) is 18.3. The van der Waals surface area contributed by atoms with Crippen LogP contribution in [-0.2, 0) is 30.1 Å². The molecule has 0 fully saturated rings. The number of fused-ring (bicyclic) bond motifs is 1. The highest BCUT2D eigenvalue weighted by atomic mass is 19.4. The molecule has 2 aromatic carbocycles. The highest BCUT2D eigenvalue weighted by molar-refractivity contribution is 5.77. The summed E-state index contributed by atoms with van der Waals surface area (Å²) in [5, 5.41) is 0. The molecule has 0 saturated carbocycles. The molecule has 4 rings (SSSR count). The summed E-state index contributed by atoms with van der Waals surface area (Å²) in [7, 11) is 0. The summed E-state index contributed by atoms with van der Waals surface area (Å²) >= 11 is 0. The summed E-state index contributed by atoms with van der Waals surface area (Å²) in [5.41, 5.74) is -0.604. The largest absolute Gasteiger partial charge is 0.476 e. The molecule has 0 radical (unpaired) electrons. The molecule has 1 aliphatic rings. The summed E-state index contributed by atoms with van der Waals surface area (Å²) in [6, 6.07) is 12.6. The molecule has 184 valence electrons. The van der Waals surface area contributed by atoms with Crippen LogP contribution < -0.4 is 4.74 Å². The number of pyridine rings is 1. The third-order valence-corrected chi connectivity index (χ3v) is 5.68. The number of amides is 1. The Morgan fingerprint density at radius 2 is 1.60 bits per heavy atom. The van der Waals surface area contributed by atoms with Gasteiger partial charge in [0.25, 0.3) is 0 Å². The monoisotopic (exact) mass is 494 g/mol. The molecular formula is C25H20F6N2O2. The van der Waals surface area contributed by atoms with Crippen molar-refractivity contribution in [3.63, 3.8) is 0 Å². The van der Waals surface area contributed by atoms with Crippen LogP contribution >= 0.6 is 0 Å². The second kappa shape index (κ2) is 9.59. The minimum absolute atomic E-state index is 0.0759. The van der Waals surface area contributed by atoms with Crippen LogP contribution in [0.25, 0.3) is 11.1 Å². The number of rotatable bonds is 4. The number of ether oxygens (including phenoxy) is 1. The van der Waals surface area contributed by atoms with Crippen LogP contribution in [0, 0.1) is 0 Å². The quantitative estimate of drug-likeness (QED) is 0.409. The first-order valence-corrected chi connectivity index (χ1v) is 10.7. The predicted molar refractivity (Wildman–Crippen MR) is 115 cm³/mol. The maximum absolute atomic E-state index is 13.1. The summed E-state index contributed by atoms with van der Waals surface area (Å²) in [6.07, 6.45) is -8.80. The van der Waals surface area contributed by atoms with Crippen LogP contribution in [0.15, 0.2) is 60.8 Å². The van der Waals surface area contributed by atoms with Crippen molar-refractivity contribution in [2.45, 2.75) is 31.7 Å². The van der Waals surface area contributed by atoms with Gasteiger partial charge in [-0.2, -0.15) is 26.3 Å². The van der Waals surface area contributed by atoms with Crippen molar-refractivity contribution in [3.05, 3.63) is 83.0 Å². The minimum Gasteiger partial charge on any atom is -0.476 e. The van der Waals surface area contributed by atoms with E-state index in [0.717, 1.165) is 11.1 Å². The second-order valence-corrected chi connectivity index (χ2v) is 8.09. The normalized spacial score (nSPS) is 14.2. The van der Waals surface area contributed by atoms with Gasteiger partial charge in [-0.3, -0.25) is 4.79 Å². The predicted octanol–water partition coefficient (Wildman–Crippen LogP) is 6.14. The highest BCUT2D eigenvalue weighted by Gasteiger charge is 2.37. The van der Waals surface area contributed by atoms with Gasteiger partial charge in [0, 0.05) is 18.2 Å². The number of aryl methyl sites for hydroxylation is 1. The van der Waals surface area contributed by atoms with Crippen LogP contribution in [0.1, 0.15) is 28.7 Å². The molecule has 0 spiro atoms. The summed E-state index contributed by atoms with van der Waals surface area (Å²) < 4.78 is 84.5. The first-order chi connectivity index (χ1) is 16.5. The highest BCUT2D eigenvalue weighted by Crippen LogP contribution is 2.37. The number of carbonyl (C=O) groups is 1. The van der Waals surface area contributed by atoms with Gasteiger partial charge in [0.1, 0.15) is 6.61 Å². The van der Waals surface area contributed by atoms with Gasteiger partial charge < -0.3 is 9.64 Å². The lowest BCUT2D eigenvalue weighted by Crippen LogP contribution is -2.32. The zero-order valence-corrected chi connectivity index (χ0v) is 18.3. The summed E-state index contributed by atoms with van der Waals surface area (Å²) in [4.78, 5) is 18.7. The summed E-state index contributed by atoms with van der Waals surface area (Å²) in [6.45, 7) is 0.522. The van der Waals surface area contributed by atoms with Crippen LogP contribution in [0.4, 0.5) is 26.3 Å². The van der Waals surface area contributed by atoms with E-state index in [1.807, 2.05) is 30.3 Å². The van der Waals surface area contributed by atoms with Gasteiger partial charge >= 0.3 is 12.4 Å². The Labute approximate surface area is 197 Å². The fourth-order valence-corrected chi connectivity index (χ4v) is 3.95. The molecule has 35 heavy (non-hydrogen) atoms. The fourth-order valence-electron chi connectivity index (χ4n) is 3.95. The van der Waals surface area contributed by atoms with E-state index in [-0.39, 0.29) is 44.2 Å². The second-order valence-electron chi connectivity index (χ2n) is 8.09. The average molecular weight is 494 g/mol. The van der Waals surface area contributed by atoms with Crippen molar-refractivity contribution in [2.75, 3.05) is 13.2 Å². The van der Waals surface area contributed by atoms with Crippen molar-refractivity contribution in [3.8, 4) is 17.0 Å². The van der Waals surface area contributed by atoms with Gasteiger partial charge in [-0.25, -0.2) is 4.98 Å². The standard InChI is InChI=1S/C25H20F6N2O2/c26-24(27,28)18-12-16(13-19(14-18)25(29,30)31)6-7-22(34)33-10-11-35-23-21(15-33)20(8-9-32-23)17-4-2-1-3-5-17/h1-5,8-9,12-14H,6-7,10-11,15H2. The topological polar surface area (TPSA) is 42.4 Å². The molecule has 0 N–H and O–H groups in total. The number of benzene rings is 2. The number of hydrogen-bond acceptors (Lipinski definition) is 3. The van der Waals surface area contributed by atoms with E-state index in [2.05, 4.69) is 4.98 Å². The third kappa shape index (κ3) is 5.75. The lowest BCUT2D eigenvalue weighted by atomic mass is 10.00. The van der Waals surface area contributed by atoms with E-state index >= 15 is 0 Å². The number of carbonyl (C=O) groups excluding carboxylic acids is 1. The van der Waals surface area contributed by atoms with E-state index in [1.54, 1.807) is 12.3 Å². The number of aromatic nitrogens is 1. The van der Waals surface area contributed by atoms with Crippen LogP contribution in [-0.4, -0.2) is 28.9 Å². The van der Waals surface area contributed by atoms with E-state index in [4.69, 9.17) is 4.74 Å².